The van der Waals surface area contributed by atoms with E-state index in [4.69, 9.17) is 0 Å². The first kappa shape index (κ1) is 16.5. The molecule has 134 valence electrons. The minimum absolute atomic E-state index is 0.110. The number of anilines is 1. The lowest BCUT2D eigenvalue weighted by Gasteiger charge is -2.22. The van der Waals surface area contributed by atoms with Crippen LogP contribution in [0.3, 0.4) is 0 Å². The molecule has 3 aromatic rings. The van der Waals surface area contributed by atoms with Gasteiger partial charge in [-0.15, -0.1) is 0 Å². The van der Waals surface area contributed by atoms with Gasteiger partial charge in [-0.1, -0.05) is 18.2 Å². The maximum atomic E-state index is 14.2. The zero-order valence-electron chi connectivity index (χ0n) is 14.7. The third-order valence-corrected chi connectivity index (χ3v) is 4.83. The Hall–Kier alpha value is -2.96. The summed E-state index contributed by atoms with van der Waals surface area (Å²) in [5.74, 6) is 0.669. The Bertz CT molecular complexity index is 974. The molecule has 26 heavy (non-hydrogen) atoms. The second kappa shape index (κ2) is 6.40. The highest BCUT2D eigenvalue weighted by Crippen LogP contribution is 2.32. The first-order valence-electron chi connectivity index (χ1n) is 8.66. The molecule has 0 bridgehead atoms. The number of aryl methyl sites for hydroxylation is 3. The zero-order valence-corrected chi connectivity index (χ0v) is 14.7. The normalized spacial score (nSPS) is 16.3. The smallest absolute Gasteiger partial charge is 0.229 e. The van der Waals surface area contributed by atoms with Crippen LogP contribution >= 0.6 is 0 Å². The van der Waals surface area contributed by atoms with Crippen LogP contribution in [0.2, 0.25) is 0 Å². The molecule has 1 atom stereocenters. The van der Waals surface area contributed by atoms with Gasteiger partial charge in [0.1, 0.15) is 11.6 Å². The molecule has 1 unspecified atom stereocenters. The number of carbonyl (C=O) groups excluding carboxylic acids is 1. The van der Waals surface area contributed by atoms with Crippen LogP contribution in [0.4, 0.5) is 10.2 Å². The fourth-order valence-corrected chi connectivity index (χ4v) is 3.53. The Morgan fingerprint density at radius 2 is 2.15 bits per heavy atom. The summed E-state index contributed by atoms with van der Waals surface area (Å²) in [5.41, 5.74) is 2.68. The first-order valence-corrected chi connectivity index (χ1v) is 8.66. The summed E-state index contributed by atoms with van der Waals surface area (Å²) in [6.45, 7) is 4.53. The van der Waals surface area contributed by atoms with Gasteiger partial charge in [-0.05, 0) is 26.3 Å². The Morgan fingerprint density at radius 1 is 1.35 bits per heavy atom. The van der Waals surface area contributed by atoms with E-state index in [9.17, 15) is 9.18 Å². The van der Waals surface area contributed by atoms with E-state index in [1.165, 1.54) is 6.07 Å². The first-order chi connectivity index (χ1) is 12.5. The van der Waals surface area contributed by atoms with E-state index in [1.807, 2.05) is 20.0 Å². The Kier molecular flexibility index (Phi) is 4.06. The number of benzene rings is 1. The molecule has 2 N–H and O–H groups in total. The molecule has 2 aromatic heterocycles. The highest BCUT2D eigenvalue weighted by Gasteiger charge is 2.27. The van der Waals surface area contributed by atoms with Gasteiger partial charge >= 0.3 is 0 Å². The molecular weight excluding hydrogens is 333 g/mol. The van der Waals surface area contributed by atoms with Gasteiger partial charge in [0.25, 0.3) is 0 Å². The van der Waals surface area contributed by atoms with Gasteiger partial charge in [-0.2, -0.15) is 5.10 Å². The Balaban J connectivity index is 1.57. The van der Waals surface area contributed by atoms with E-state index in [1.54, 1.807) is 18.2 Å². The fraction of sp³-hybridized carbons (Fsp3) is 0.316. The van der Waals surface area contributed by atoms with E-state index in [2.05, 4.69) is 25.1 Å². The van der Waals surface area contributed by atoms with Crippen LogP contribution in [0.5, 0.6) is 0 Å². The quantitative estimate of drug-likeness (QED) is 0.759. The van der Waals surface area contributed by atoms with Gasteiger partial charge < -0.3 is 9.88 Å². The van der Waals surface area contributed by atoms with Gasteiger partial charge in [0.05, 0.1) is 5.69 Å². The van der Waals surface area contributed by atoms with Crippen molar-refractivity contribution in [3.63, 3.8) is 0 Å². The van der Waals surface area contributed by atoms with Crippen LogP contribution in [0.25, 0.3) is 11.1 Å². The summed E-state index contributed by atoms with van der Waals surface area (Å²) < 4.78 is 16.3. The molecule has 0 aliphatic carbocycles. The minimum Gasteiger partial charge on any atom is -0.335 e. The number of halogens is 1. The molecule has 1 aliphatic heterocycles. The topological polar surface area (TPSA) is 75.6 Å². The van der Waals surface area contributed by atoms with Crippen LogP contribution in [0.15, 0.2) is 30.5 Å². The number of hydrogen-bond donors (Lipinski definition) is 2. The minimum atomic E-state index is -0.345. The largest absolute Gasteiger partial charge is 0.335 e. The number of hydrogen-bond acceptors (Lipinski definition) is 3. The third-order valence-electron chi connectivity index (χ3n) is 4.83. The summed E-state index contributed by atoms with van der Waals surface area (Å²) >= 11 is 0. The van der Waals surface area contributed by atoms with Gasteiger partial charge in [0.2, 0.25) is 5.91 Å². The molecular formula is C19H20FN5O. The summed E-state index contributed by atoms with van der Waals surface area (Å²) in [6.07, 6.45) is 3.35. The number of rotatable bonds is 3. The lowest BCUT2D eigenvalue weighted by atomic mass is 9.96. The number of nitrogens with zero attached hydrogens (tertiary/aromatic N) is 3. The summed E-state index contributed by atoms with van der Waals surface area (Å²) in [4.78, 5) is 17.2. The number of amides is 1. The highest BCUT2D eigenvalue weighted by atomic mass is 19.1. The van der Waals surface area contributed by atoms with Crippen molar-refractivity contribution in [2.24, 2.45) is 5.92 Å². The van der Waals surface area contributed by atoms with Gasteiger partial charge in [-0.25, -0.2) is 9.37 Å². The number of aromatic nitrogens is 4. The summed E-state index contributed by atoms with van der Waals surface area (Å²) in [6, 6.07) is 6.48. The molecule has 4 rings (SSSR count). The summed E-state index contributed by atoms with van der Waals surface area (Å²) in [5, 5.41) is 9.89. The second-order valence-electron chi connectivity index (χ2n) is 6.72. The number of nitrogens with one attached hydrogen (secondary N) is 2. The number of fused-ring (bicyclic) bond motifs is 1. The van der Waals surface area contributed by atoms with E-state index in [-0.39, 0.29) is 17.6 Å². The van der Waals surface area contributed by atoms with Crippen LogP contribution in [-0.4, -0.2) is 25.7 Å². The molecule has 0 radical (unpaired) electrons. The molecule has 1 amide bonds. The molecule has 6 nitrogen and oxygen atoms in total. The highest BCUT2D eigenvalue weighted by molar-refractivity contribution is 5.96. The molecule has 1 aromatic carbocycles. The number of imidazole rings is 1. The molecule has 0 saturated heterocycles. The Labute approximate surface area is 150 Å². The third kappa shape index (κ3) is 2.89. The zero-order chi connectivity index (χ0) is 18.3. The molecule has 0 saturated carbocycles. The standard InChI is InChI=1S/C19H20FN5O/c1-11-10-25-8-7-13(9-16(25)21-11)19(26)22-18-17(12(2)23-24-18)14-5-3-4-6-15(14)20/h3-6,10,13H,7-9H2,1-2H3,(H2,22,23,24,26). The molecule has 7 heteroatoms. The van der Waals surface area contributed by atoms with Crippen LogP contribution < -0.4 is 5.32 Å². The van der Waals surface area contributed by atoms with Crippen LogP contribution in [-0.2, 0) is 17.8 Å². The predicted octanol–water partition coefficient (Wildman–Crippen LogP) is 3.23. The Morgan fingerprint density at radius 3 is 2.96 bits per heavy atom. The van der Waals surface area contributed by atoms with Crippen molar-refractivity contribution in [3.8, 4) is 11.1 Å². The average Bonchev–Trinajstić information content (AvgIpc) is 3.16. The number of aromatic amines is 1. The van der Waals surface area contributed by atoms with Crippen molar-refractivity contribution in [1.29, 1.82) is 0 Å². The predicted molar refractivity (Wildman–Crippen MR) is 96.1 cm³/mol. The van der Waals surface area contributed by atoms with Crippen molar-refractivity contribution < 1.29 is 9.18 Å². The van der Waals surface area contributed by atoms with Crippen molar-refractivity contribution in [2.45, 2.75) is 33.2 Å². The average molecular weight is 353 g/mol. The van der Waals surface area contributed by atoms with E-state index < -0.39 is 0 Å². The number of H-pyrrole nitrogens is 1. The SMILES string of the molecule is Cc1cn2c(n1)CC(C(=O)Nc1n[nH]c(C)c1-c1ccccc1F)CC2. The number of carbonyl (C=O) groups is 1. The lowest BCUT2D eigenvalue weighted by Crippen LogP contribution is -2.30. The van der Waals surface area contributed by atoms with Gasteiger partial charge in [-0.3, -0.25) is 9.89 Å². The van der Waals surface area contributed by atoms with E-state index in [0.717, 1.165) is 24.5 Å². The lowest BCUT2D eigenvalue weighted by molar-refractivity contribution is -0.120. The molecule has 0 spiro atoms. The fourth-order valence-electron chi connectivity index (χ4n) is 3.53. The van der Waals surface area contributed by atoms with Crippen molar-refractivity contribution in [1.82, 2.24) is 19.7 Å². The van der Waals surface area contributed by atoms with Crippen molar-refractivity contribution in [3.05, 3.63) is 53.5 Å². The summed E-state index contributed by atoms with van der Waals surface area (Å²) in [7, 11) is 0. The molecule has 0 fully saturated rings. The maximum Gasteiger partial charge on any atom is 0.229 e. The van der Waals surface area contributed by atoms with Crippen LogP contribution in [0, 0.1) is 25.6 Å². The van der Waals surface area contributed by atoms with Gasteiger partial charge in [0.15, 0.2) is 5.82 Å². The van der Waals surface area contributed by atoms with E-state index in [0.29, 0.717) is 29.1 Å². The van der Waals surface area contributed by atoms with Crippen molar-refractivity contribution >= 4 is 11.7 Å². The molecule has 1 aliphatic rings. The second-order valence-corrected chi connectivity index (χ2v) is 6.72. The van der Waals surface area contributed by atoms with E-state index >= 15 is 0 Å². The maximum absolute atomic E-state index is 14.2. The molecule has 3 heterocycles. The van der Waals surface area contributed by atoms with Crippen molar-refractivity contribution in [2.75, 3.05) is 5.32 Å². The van der Waals surface area contributed by atoms with Crippen LogP contribution in [0.1, 0.15) is 23.6 Å². The monoisotopic (exact) mass is 353 g/mol. The van der Waals surface area contributed by atoms with Gasteiger partial charge in [0, 0.05) is 41.9 Å².